The van der Waals surface area contributed by atoms with Crippen LogP contribution in [0.2, 0.25) is 0 Å². The molecule has 0 saturated carbocycles. The molecule has 1 aromatic heterocycles. The molecular formula is C7H5N2O2S-. The molecule has 1 aromatic rings. The molecule has 12 heavy (non-hydrogen) atoms. The number of amides is 1. The maximum Gasteiger partial charge on any atom is 0.134 e. The minimum atomic E-state index is -1.30. The number of nitriles is 1. The molecule has 4 nitrogen and oxygen atoms in total. The lowest BCUT2D eigenvalue weighted by Gasteiger charge is -2.02. The topological polar surface area (TPSA) is 76.0 Å². The number of hydrogen-bond donors (Lipinski definition) is 1. The van der Waals surface area contributed by atoms with Crippen molar-refractivity contribution >= 4 is 17.4 Å². The number of thiophene rings is 1. The summed E-state index contributed by atoms with van der Waals surface area (Å²) < 4.78 is 0. The second kappa shape index (κ2) is 3.74. The highest BCUT2D eigenvalue weighted by molar-refractivity contribution is 7.10. The van der Waals surface area contributed by atoms with Gasteiger partial charge in [-0.15, -0.1) is 11.3 Å². The fourth-order valence-electron chi connectivity index (χ4n) is 0.691. The Kier molecular flexibility index (Phi) is 2.66. The summed E-state index contributed by atoms with van der Waals surface area (Å²) in [7, 11) is 0. The third kappa shape index (κ3) is 2.25. The van der Waals surface area contributed by atoms with E-state index in [-0.39, 0.29) is 6.54 Å². The van der Waals surface area contributed by atoms with Crippen LogP contribution >= 0.6 is 11.3 Å². The van der Waals surface area contributed by atoms with E-state index < -0.39 is 6.09 Å². The average molecular weight is 181 g/mol. The number of carbonyl (C=O) groups excluding carboxylic acids is 1. The molecule has 0 fully saturated rings. The second-order valence-corrected chi connectivity index (χ2v) is 3.05. The van der Waals surface area contributed by atoms with E-state index in [9.17, 15) is 9.90 Å². The largest absolute Gasteiger partial charge is 0.530 e. The number of nitrogens with one attached hydrogen (secondary N) is 1. The average Bonchev–Trinajstić information content (AvgIpc) is 2.48. The van der Waals surface area contributed by atoms with Gasteiger partial charge >= 0.3 is 0 Å². The van der Waals surface area contributed by atoms with Crippen LogP contribution in [0.1, 0.15) is 10.4 Å². The Morgan fingerprint density at radius 2 is 2.58 bits per heavy atom. The fraction of sp³-hybridized carbons (Fsp3) is 0.143. The summed E-state index contributed by atoms with van der Waals surface area (Å²) in [6, 6.07) is 3.59. The van der Waals surface area contributed by atoms with E-state index in [0.29, 0.717) is 5.56 Å². The van der Waals surface area contributed by atoms with E-state index in [0.717, 1.165) is 4.88 Å². The van der Waals surface area contributed by atoms with Crippen LogP contribution in [0.5, 0.6) is 0 Å². The van der Waals surface area contributed by atoms with E-state index in [2.05, 4.69) is 5.32 Å². The molecule has 0 aliphatic rings. The van der Waals surface area contributed by atoms with E-state index in [1.807, 2.05) is 6.07 Å². The van der Waals surface area contributed by atoms with Gasteiger partial charge in [0.2, 0.25) is 0 Å². The van der Waals surface area contributed by atoms with Gasteiger partial charge in [0, 0.05) is 10.3 Å². The molecule has 5 heteroatoms. The first-order valence-electron chi connectivity index (χ1n) is 3.14. The molecule has 0 radical (unpaired) electrons. The Bertz CT molecular complexity index is 326. The van der Waals surface area contributed by atoms with Crippen LogP contribution < -0.4 is 10.4 Å². The lowest BCUT2D eigenvalue weighted by atomic mass is 10.3. The third-order valence-corrected chi connectivity index (χ3v) is 2.13. The summed E-state index contributed by atoms with van der Waals surface area (Å²) >= 11 is 1.34. The highest BCUT2D eigenvalue weighted by Crippen LogP contribution is 2.12. The smallest absolute Gasteiger partial charge is 0.134 e. The van der Waals surface area contributed by atoms with Crippen molar-refractivity contribution in [3.8, 4) is 6.07 Å². The van der Waals surface area contributed by atoms with Gasteiger partial charge in [-0.25, -0.2) is 0 Å². The minimum absolute atomic E-state index is 0.203. The first-order valence-corrected chi connectivity index (χ1v) is 4.02. The van der Waals surface area contributed by atoms with Crippen LogP contribution in [0.25, 0.3) is 0 Å². The van der Waals surface area contributed by atoms with Crippen molar-refractivity contribution in [3.05, 3.63) is 21.9 Å². The summed E-state index contributed by atoms with van der Waals surface area (Å²) in [5, 5.41) is 22.2. The Hall–Kier alpha value is -1.54. The molecule has 0 saturated heterocycles. The molecule has 1 heterocycles. The monoisotopic (exact) mass is 181 g/mol. The molecule has 0 atom stereocenters. The number of nitrogens with zero attached hydrogens (tertiary/aromatic N) is 1. The normalized spacial score (nSPS) is 8.92. The summed E-state index contributed by atoms with van der Waals surface area (Å²) in [6.07, 6.45) is -1.30. The first kappa shape index (κ1) is 8.56. The van der Waals surface area contributed by atoms with Crippen LogP contribution in [0.3, 0.4) is 0 Å². The molecule has 0 aliphatic heterocycles. The molecule has 0 spiro atoms. The number of carbonyl (C=O) groups is 1. The van der Waals surface area contributed by atoms with Crippen LogP contribution in [0, 0.1) is 11.3 Å². The summed E-state index contributed by atoms with van der Waals surface area (Å²) in [5.41, 5.74) is 0.551. The van der Waals surface area contributed by atoms with Crippen molar-refractivity contribution in [1.82, 2.24) is 5.32 Å². The Labute approximate surface area is 73.1 Å². The summed E-state index contributed by atoms with van der Waals surface area (Å²) in [4.78, 5) is 10.8. The van der Waals surface area contributed by atoms with Crippen LogP contribution in [0.15, 0.2) is 11.4 Å². The van der Waals surface area contributed by atoms with Crippen molar-refractivity contribution in [2.24, 2.45) is 0 Å². The SMILES string of the molecule is N#Cc1csc(CNC(=O)[O-])c1. The predicted molar refractivity (Wildman–Crippen MR) is 41.3 cm³/mol. The zero-order valence-corrected chi connectivity index (χ0v) is 6.85. The fourth-order valence-corrected chi connectivity index (χ4v) is 1.44. The van der Waals surface area contributed by atoms with Gasteiger partial charge in [-0.1, -0.05) is 0 Å². The molecule has 0 unspecified atom stereocenters. The van der Waals surface area contributed by atoms with Crippen molar-refractivity contribution < 1.29 is 9.90 Å². The van der Waals surface area contributed by atoms with E-state index in [1.165, 1.54) is 11.3 Å². The zero-order valence-electron chi connectivity index (χ0n) is 6.03. The summed E-state index contributed by atoms with van der Waals surface area (Å²) in [6.45, 7) is 0.203. The molecule has 1 N–H and O–H groups in total. The van der Waals surface area contributed by atoms with Gasteiger partial charge in [-0.2, -0.15) is 5.26 Å². The van der Waals surface area contributed by atoms with Gasteiger partial charge in [-0.3, -0.25) is 0 Å². The van der Waals surface area contributed by atoms with E-state index >= 15 is 0 Å². The van der Waals surface area contributed by atoms with Gasteiger partial charge < -0.3 is 15.2 Å². The Morgan fingerprint density at radius 1 is 1.83 bits per heavy atom. The number of carboxylic acid groups (broad SMARTS) is 1. The second-order valence-electron chi connectivity index (χ2n) is 2.05. The zero-order chi connectivity index (χ0) is 8.97. The standard InChI is InChI=1S/C7H6N2O2S/c8-2-5-1-6(12-4-5)3-9-7(10)11/h1,4,9H,3H2,(H,10,11)/p-1. The van der Waals surface area contributed by atoms with E-state index in [1.54, 1.807) is 11.4 Å². The summed E-state index contributed by atoms with van der Waals surface area (Å²) in [5.74, 6) is 0. The van der Waals surface area contributed by atoms with Gasteiger partial charge in [0.05, 0.1) is 12.1 Å². The van der Waals surface area contributed by atoms with Crippen LogP contribution in [-0.4, -0.2) is 6.09 Å². The first-order chi connectivity index (χ1) is 5.72. The number of hydrogen-bond acceptors (Lipinski definition) is 4. The molecule has 62 valence electrons. The lowest BCUT2D eigenvalue weighted by Crippen LogP contribution is -2.35. The molecule has 0 aromatic carbocycles. The van der Waals surface area contributed by atoms with Gasteiger partial charge in [0.15, 0.2) is 0 Å². The van der Waals surface area contributed by atoms with Gasteiger partial charge in [0.1, 0.15) is 12.2 Å². The third-order valence-electron chi connectivity index (χ3n) is 1.19. The number of rotatable bonds is 2. The molecule has 1 amide bonds. The Morgan fingerprint density at radius 3 is 3.08 bits per heavy atom. The predicted octanol–water partition coefficient (Wildman–Crippen LogP) is 0.0527. The quantitative estimate of drug-likeness (QED) is 0.700. The molecule has 0 bridgehead atoms. The van der Waals surface area contributed by atoms with Crippen molar-refractivity contribution in [2.45, 2.75) is 6.54 Å². The van der Waals surface area contributed by atoms with Crippen molar-refractivity contribution in [3.63, 3.8) is 0 Å². The lowest BCUT2D eigenvalue weighted by molar-refractivity contribution is -0.251. The minimum Gasteiger partial charge on any atom is -0.530 e. The Balaban J connectivity index is 2.54. The molecular weight excluding hydrogens is 176 g/mol. The van der Waals surface area contributed by atoms with E-state index in [4.69, 9.17) is 5.26 Å². The van der Waals surface area contributed by atoms with Crippen LogP contribution in [0.4, 0.5) is 4.79 Å². The molecule has 0 aliphatic carbocycles. The van der Waals surface area contributed by atoms with Gasteiger partial charge in [-0.05, 0) is 6.07 Å². The van der Waals surface area contributed by atoms with Crippen molar-refractivity contribution in [1.29, 1.82) is 5.26 Å². The highest BCUT2D eigenvalue weighted by atomic mass is 32.1. The maximum absolute atomic E-state index is 9.97. The highest BCUT2D eigenvalue weighted by Gasteiger charge is 1.97. The van der Waals surface area contributed by atoms with Crippen molar-refractivity contribution in [2.75, 3.05) is 0 Å². The van der Waals surface area contributed by atoms with Gasteiger partial charge in [0.25, 0.3) is 0 Å². The maximum atomic E-state index is 9.97. The van der Waals surface area contributed by atoms with Crippen LogP contribution in [-0.2, 0) is 6.54 Å². The molecule has 1 rings (SSSR count).